The minimum absolute atomic E-state index is 0.480. The summed E-state index contributed by atoms with van der Waals surface area (Å²) >= 11 is 3.30. The monoisotopic (exact) mass is 285 g/mol. The number of nitrogens with one attached hydrogen (secondary N) is 1. The number of nitrogen functional groups attached to an aromatic ring is 1. The highest BCUT2D eigenvalue weighted by atomic mass is 79.9. The number of nitrogens with zero attached hydrogens (tertiary/aromatic N) is 3. The van der Waals surface area contributed by atoms with Crippen LogP contribution in [0.5, 0.6) is 0 Å². The number of hydrogen-bond donors (Lipinski definition) is 2. The van der Waals surface area contributed by atoms with Crippen molar-refractivity contribution in [1.29, 1.82) is 0 Å². The van der Waals surface area contributed by atoms with Gasteiger partial charge in [-0.05, 0) is 41.9 Å². The Labute approximate surface area is 104 Å². The van der Waals surface area contributed by atoms with E-state index < -0.39 is 0 Å². The van der Waals surface area contributed by atoms with Crippen molar-refractivity contribution < 1.29 is 0 Å². The van der Waals surface area contributed by atoms with Gasteiger partial charge in [-0.15, -0.1) is 0 Å². The zero-order valence-corrected chi connectivity index (χ0v) is 10.9. The topological polar surface area (TPSA) is 67.1 Å². The third kappa shape index (κ3) is 3.05. The van der Waals surface area contributed by atoms with Crippen LogP contribution in [-0.4, -0.2) is 41.5 Å². The van der Waals surface area contributed by atoms with Crippen molar-refractivity contribution in [3.05, 3.63) is 10.7 Å². The maximum Gasteiger partial charge on any atom is 0.225 e. The maximum absolute atomic E-state index is 5.64. The first kappa shape index (κ1) is 11.6. The van der Waals surface area contributed by atoms with E-state index in [1.165, 1.54) is 13.0 Å². The number of hydrogen-bond acceptors (Lipinski definition) is 5. The Kier molecular flexibility index (Phi) is 3.60. The van der Waals surface area contributed by atoms with Gasteiger partial charge in [0.1, 0.15) is 10.4 Å². The Bertz CT molecular complexity index is 350. The minimum Gasteiger partial charge on any atom is -0.383 e. The summed E-state index contributed by atoms with van der Waals surface area (Å²) in [7, 11) is 2.15. The molecular weight excluding hydrogens is 270 g/mol. The molecule has 1 aliphatic rings. The van der Waals surface area contributed by atoms with E-state index in [2.05, 4.69) is 43.2 Å². The quantitative estimate of drug-likeness (QED) is 0.817. The molecule has 0 aromatic carbocycles. The fourth-order valence-corrected chi connectivity index (χ4v) is 2.35. The van der Waals surface area contributed by atoms with Gasteiger partial charge in [0, 0.05) is 19.2 Å². The normalized spacial score (nSPS) is 21.2. The molecule has 0 saturated carbocycles. The number of nitrogens with two attached hydrogens (primary N) is 1. The molecule has 6 heteroatoms. The molecule has 0 amide bonds. The molecule has 0 radical (unpaired) electrons. The van der Waals surface area contributed by atoms with E-state index >= 15 is 0 Å². The lowest BCUT2D eigenvalue weighted by atomic mass is 10.1. The van der Waals surface area contributed by atoms with E-state index in [0.29, 0.717) is 22.3 Å². The molecule has 16 heavy (non-hydrogen) atoms. The third-order valence-electron chi connectivity index (χ3n) is 2.75. The zero-order chi connectivity index (χ0) is 11.5. The molecule has 1 aliphatic heterocycles. The molecule has 1 fully saturated rings. The van der Waals surface area contributed by atoms with Crippen LogP contribution >= 0.6 is 15.9 Å². The molecule has 0 aliphatic carbocycles. The molecule has 88 valence electrons. The lowest BCUT2D eigenvalue weighted by Gasteiger charge is -2.11. The summed E-state index contributed by atoms with van der Waals surface area (Å²) in [6.45, 7) is 3.21. The first-order valence-corrected chi connectivity index (χ1v) is 6.15. The summed E-state index contributed by atoms with van der Waals surface area (Å²) in [5, 5.41) is 3.23. The second-order valence-electron chi connectivity index (χ2n) is 4.24. The molecule has 1 unspecified atom stereocenters. The van der Waals surface area contributed by atoms with Crippen LogP contribution < -0.4 is 11.1 Å². The second-order valence-corrected chi connectivity index (χ2v) is 5.05. The van der Waals surface area contributed by atoms with Crippen molar-refractivity contribution in [3.63, 3.8) is 0 Å². The average Bonchev–Trinajstić information content (AvgIpc) is 2.60. The van der Waals surface area contributed by atoms with Crippen molar-refractivity contribution >= 4 is 27.7 Å². The first-order chi connectivity index (χ1) is 7.63. The predicted octanol–water partition coefficient (Wildman–Crippen LogP) is 1.18. The van der Waals surface area contributed by atoms with Gasteiger partial charge in [0.25, 0.3) is 0 Å². The smallest absolute Gasteiger partial charge is 0.225 e. The van der Waals surface area contributed by atoms with Crippen LogP contribution in [0.1, 0.15) is 6.42 Å². The highest BCUT2D eigenvalue weighted by Crippen LogP contribution is 2.16. The molecule has 0 spiro atoms. The number of rotatable bonds is 3. The van der Waals surface area contributed by atoms with Gasteiger partial charge in [-0.1, -0.05) is 0 Å². The Morgan fingerprint density at radius 1 is 1.62 bits per heavy atom. The molecule has 2 rings (SSSR count). The van der Waals surface area contributed by atoms with E-state index in [1.54, 1.807) is 6.07 Å². The molecule has 0 bridgehead atoms. The highest BCUT2D eigenvalue weighted by molar-refractivity contribution is 9.10. The van der Waals surface area contributed by atoms with Gasteiger partial charge >= 0.3 is 0 Å². The van der Waals surface area contributed by atoms with Crippen molar-refractivity contribution in [2.45, 2.75) is 6.42 Å². The van der Waals surface area contributed by atoms with E-state index in [4.69, 9.17) is 5.73 Å². The Hall–Kier alpha value is -0.880. The Morgan fingerprint density at radius 3 is 3.06 bits per heavy atom. The van der Waals surface area contributed by atoms with Crippen LogP contribution in [0.4, 0.5) is 11.8 Å². The fraction of sp³-hybridized carbons (Fsp3) is 0.600. The molecular formula is C10H16BrN5. The summed E-state index contributed by atoms with van der Waals surface area (Å²) in [4.78, 5) is 10.7. The van der Waals surface area contributed by atoms with Crippen LogP contribution in [0.25, 0.3) is 0 Å². The van der Waals surface area contributed by atoms with Crippen molar-refractivity contribution in [2.24, 2.45) is 5.92 Å². The SMILES string of the molecule is CN1CCC(CNc2nc(N)cc(Br)n2)C1. The lowest BCUT2D eigenvalue weighted by Crippen LogP contribution is -2.20. The van der Waals surface area contributed by atoms with Crippen molar-refractivity contribution in [1.82, 2.24) is 14.9 Å². The number of aromatic nitrogens is 2. The van der Waals surface area contributed by atoms with Gasteiger partial charge in [-0.2, -0.15) is 4.98 Å². The van der Waals surface area contributed by atoms with E-state index in [0.717, 1.165) is 13.1 Å². The molecule has 2 heterocycles. The highest BCUT2D eigenvalue weighted by Gasteiger charge is 2.19. The summed E-state index contributed by atoms with van der Waals surface area (Å²) in [5.74, 6) is 1.75. The summed E-state index contributed by atoms with van der Waals surface area (Å²) in [5.41, 5.74) is 5.64. The summed E-state index contributed by atoms with van der Waals surface area (Å²) in [6, 6.07) is 1.69. The molecule has 1 saturated heterocycles. The minimum atomic E-state index is 0.480. The second kappa shape index (κ2) is 4.97. The molecule has 1 aromatic heterocycles. The van der Waals surface area contributed by atoms with Gasteiger partial charge in [-0.3, -0.25) is 0 Å². The van der Waals surface area contributed by atoms with E-state index in [9.17, 15) is 0 Å². The maximum atomic E-state index is 5.64. The van der Waals surface area contributed by atoms with Crippen molar-refractivity contribution in [3.8, 4) is 0 Å². The third-order valence-corrected chi connectivity index (χ3v) is 3.16. The predicted molar refractivity (Wildman–Crippen MR) is 68.2 cm³/mol. The summed E-state index contributed by atoms with van der Waals surface area (Å²) < 4.78 is 0.714. The average molecular weight is 286 g/mol. The standard InChI is InChI=1S/C10H16BrN5/c1-16-3-2-7(6-16)5-13-10-14-8(11)4-9(12)15-10/h4,7H,2-3,5-6H2,1H3,(H3,12,13,14,15). The van der Waals surface area contributed by atoms with Gasteiger partial charge in [0.2, 0.25) is 5.95 Å². The Morgan fingerprint density at radius 2 is 2.44 bits per heavy atom. The lowest BCUT2D eigenvalue weighted by molar-refractivity contribution is 0.399. The molecule has 5 nitrogen and oxygen atoms in total. The van der Waals surface area contributed by atoms with Gasteiger partial charge in [0.15, 0.2) is 0 Å². The van der Waals surface area contributed by atoms with E-state index in [-0.39, 0.29) is 0 Å². The number of likely N-dealkylation sites (tertiary alicyclic amines) is 1. The van der Waals surface area contributed by atoms with Crippen molar-refractivity contribution in [2.75, 3.05) is 37.7 Å². The van der Waals surface area contributed by atoms with Gasteiger partial charge < -0.3 is 16.0 Å². The molecule has 3 N–H and O–H groups in total. The van der Waals surface area contributed by atoms with Crippen LogP contribution in [0.3, 0.4) is 0 Å². The van der Waals surface area contributed by atoms with Gasteiger partial charge in [0.05, 0.1) is 0 Å². The number of anilines is 2. The number of halogens is 1. The van der Waals surface area contributed by atoms with Gasteiger partial charge in [-0.25, -0.2) is 4.98 Å². The van der Waals surface area contributed by atoms with Crippen LogP contribution in [0.2, 0.25) is 0 Å². The fourth-order valence-electron chi connectivity index (χ4n) is 1.94. The summed E-state index contributed by atoms with van der Waals surface area (Å²) in [6.07, 6.45) is 1.23. The van der Waals surface area contributed by atoms with Crippen LogP contribution in [-0.2, 0) is 0 Å². The van der Waals surface area contributed by atoms with Crippen LogP contribution in [0, 0.1) is 5.92 Å². The first-order valence-electron chi connectivity index (χ1n) is 5.36. The van der Waals surface area contributed by atoms with Crippen LogP contribution in [0.15, 0.2) is 10.7 Å². The molecule has 1 aromatic rings. The largest absolute Gasteiger partial charge is 0.383 e. The van der Waals surface area contributed by atoms with E-state index in [1.807, 2.05) is 0 Å². The zero-order valence-electron chi connectivity index (χ0n) is 9.28. The Balaban J connectivity index is 1.89. The molecule has 1 atom stereocenters.